The summed E-state index contributed by atoms with van der Waals surface area (Å²) in [5, 5.41) is 0. The van der Waals surface area contributed by atoms with Gasteiger partial charge in [-0.2, -0.15) is 0 Å². The molecule has 1 aliphatic rings. The molecule has 2 heteroatoms. The highest BCUT2D eigenvalue weighted by molar-refractivity contribution is 6.00. The van der Waals surface area contributed by atoms with Crippen LogP contribution >= 0.6 is 0 Å². The van der Waals surface area contributed by atoms with Crippen LogP contribution in [0.5, 0.6) is 0 Å². The number of Topliss-reactive ketones (excluding diaryl/α,β-unsaturated/α-hetero) is 2. The largest absolute Gasteiger partial charge is 0.299 e. The van der Waals surface area contributed by atoms with Crippen LogP contribution in [0.1, 0.15) is 64.2 Å². The molecule has 1 aromatic carbocycles. The molecule has 2 unspecified atom stereocenters. The van der Waals surface area contributed by atoms with Gasteiger partial charge in [-0.05, 0) is 25.2 Å². The molecular formula is C20H28O2. The highest BCUT2D eigenvalue weighted by atomic mass is 16.1. The Kier molecular flexibility index (Phi) is 4.60. The van der Waals surface area contributed by atoms with Crippen LogP contribution in [0.2, 0.25) is 0 Å². The van der Waals surface area contributed by atoms with Crippen molar-refractivity contribution in [2.24, 2.45) is 22.7 Å². The van der Waals surface area contributed by atoms with E-state index in [-0.39, 0.29) is 23.0 Å². The van der Waals surface area contributed by atoms with Crippen LogP contribution in [0, 0.1) is 22.7 Å². The smallest absolute Gasteiger partial charge is 0.168 e. The van der Waals surface area contributed by atoms with Crippen LogP contribution in [0.4, 0.5) is 0 Å². The summed E-state index contributed by atoms with van der Waals surface area (Å²) in [5.74, 6) is 0.948. The number of hydrogen-bond acceptors (Lipinski definition) is 2. The van der Waals surface area contributed by atoms with E-state index < -0.39 is 5.41 Å². The summed E-state index contributed by atoms with van der Waals surface area (Å²) >= 11 is 0. The lowest BCUT2D eigenvalue weighted by atomic mass is 9.71. The zero-order valence-electron chi connectivity index (χ0n) is 14.5. The lowest BCUT2D eigenvalue weighted by Crippen LogP contribution is -2.33. The van der Waals surface area contributed by atoms with Gasteiger partial charge in [-0.15, -0.1) is 0 Å². The summed E-state index contributed by atoms with van der Waals surface area (Å²) in [7, 11) is 0. The molecule has 0 aliphatic heterocycles. The maximum atomic E-state index is 12.8. The molecule has 0 N–H and O–H groups in total. The predicted octanol–water partition coefficient (Wildman–Crippen LogP) is 4.93. The molecule has 2 nitrogen and oxygen atoms in total. The van der Waals surface area contributed by atoms with E-state index in [4.69, 9.17) is 0 Å². The standard InChI is InChI=1S/C20H28O2/c1-19(2,3)17(21)15-11-12-16(13-15)20(4,5)18(22)14-9-7-6-8-10-14/h6-10,15-16H,11-13H2,1-5H3. The van der Waals surface area contributed by atoms with Gasteiger partial charge in [-0.3, -0.25) is 9.59 Å². The van der Waals surface area contributed by atoms with Crippen molar-refractivity contribution in [3.63, 3.8) is 0 Å². The maximum Gasteiger partial charge on any atom is 0.168 e. The molecule has 1 aliphatic carbocycles. The van der Waals surface area contributed by atoms with Gasteiger partial charge < -0.3 is 0 Å². The first-order chi connectivity index (χ1) is 10.1. The second-order valence-corrected chi connectivity index (χ2v) is 8.24. The minimum absolute atomic E-state index is 0.118. The summed E-state index contributed by atoms with van der Waals surface area (Å²) < 4.78 is 0. The first kappa shape index (κ1) is 16.9. The van der Waals surface area contributed by atoms with Crippen molar-refractivity contribution in [1.29, 1.82) is 0 Å². The first-order valence-corrected chi connectivity index (χ1v) is 8.28. The van der Waals surface area contributed by atoms with E-state index >= 15 is 0 Å². The van der Waals surface area contributed by atoms with Gasteiger partial charge in [0.05, 0.1) is 0 Å². The molecule has 1 fully saturated rings. The van der Waals surface area contributed by atoms with Crippen molar-refractivity contribution in [2.75, 3.05) is 0 Å². The summed E-state index contributed by atoms with van der Waals surface area (Å²) in [6, 6.07) is 9.51. The summed E-state index contributed by atoms with van der Waals surface area (Å²) in [6.45, 7) is 10.0. The Bertz CT molecular complexity index is 549. The van der Waals surface area contributed by atoms with E-state index in [1.165, 1.54) is 0 Å². The van der Waals surface area contributed by atoms with E-state index in [1.807, 2.05) is 65.0 Å². The third-order valence-corrected chi connectivity index (χ3v) is 5.18. The van der Waals surface area contributed by atoms with E-state index in [0.29, 0.717) is 5.78 Å². The molecular weight excluding hydrogens is 272 g/mol. The summed E-state index contributed by atoms with van der Waals surface area (Å²) in [5.41, 5.74) is 0.0830. The summed E-state index contributed by atoms with van der Waals surface area (Å²) in [4.78, 5) is 25.3. The van der Waals surface area contributed by atoms with Gasteiger partial charge in [-0.25, -0.2) is 0 Å². The Balaban J connectivity index is 2.12. The number of rotatable bonds is 4. The van der Waals surface area contributed by atoms with Gasteiger partial charge in [0, 0.05) is 22.3 Å². The molecule has 0 radical (unpaired) electrons. The molecule has 1 saturated carbocycles. The minimum atomic E-state index is -0.408. The molecule has 22 heavy (non-hydrogen) atoms. The van der Waals surface area contributed by atoms with Crippen molar-refractivity contribution in [2.45, 2.75) is 53.9 Å². The van der Waals surface area contributed by atoms with E-state index in [2.05, 4.69) is 0 Å². The fourth-order valence-corrected chi connectivity index (χ4v) is 3.63. The molecule has 0 heterocycles. The van der Waals surface area contributed by atoms with Crippen LogP contribution in [0.15, 0.2) is 30.3 Å². The minimum Gasteiger partial charge on any atom is -0.299 e. The molecule has 2 rings (SSSR count). The zero-order chi connectivity index (χ0) is 16.5. The topological polar surface area (TPSA) is 34.1 Å². The van der Waals surface area contributed by atoms with Crippen LogP contribution in [-0.2, 0) is 4.79 Å². The van der Waals surface area contributed by atoms with Gasteiger partial charge in [0.25, 0.3) is 0 Å². The van der Waals surface area contributed by atoms with Gasteiger partial charge in [0.1, 0.15) is 5.78 Å². The molecule has 0 aromatic heterocycles. The fourth-order valence-electron chi connectivity index (χ4n) is 3.63. The Hall–Kier alpha value is -1.44. The van der Waals surface area contributed by atoms with E-state index in [1.54, 1.807) is 0 Å². The molecule has 0 spiro atoms. The van der Waals surface area contributed by atoms with Gasteiger partial charge in [-0.1, -0.05) is 65.0 Å². The number of ketones is 2. The third-order valence-electron chi connectivity index (χ3n) is 5.18. The van der Waals surface area contributed by atoms with Gasteiger partial charge in [0.15, 0.2) is 5.78 Å². The zero-order valence-corrected chi connectivity index (χ0v) is 14.5. The Morgan fingerprint density at radius 3 is 2.09 bits per heavy atom. The van der Waals surface area contributed by atoms with Crippen LogP contribution < -0.4 is 0 Å². The number of hydrogen-bond donors (Lipinski definition) is 0. The van der Waals surface area contributed by atoms with Crippen LogP contribution in [0.3, 0.4) is 0 Å². The average Bonchev–Trinajstić information content (AvgIpc) is 2.96. The first-order valence-electron chi connectivity index (χ1n) is 8.28. The Morgan fingerprint density at radius 1 is 0.955 bits per heavy atom. The SMILES string of the molecule is CC(C)(C)C(=O)C1CCC(C(C)(C)C(=O)c2ccccc2)C1. The maximum absolute atomic E-state index is 12.8. The Labute approximate surface area is 134 Å². The summed E-state index contributed by atoms with van der Waals surface area (Å²) in [6.07, 6.45) is 2.74. The lowest BCUT2D eigenvalue weighted by molar-refractivity contribution is -0.130. The molecule has 120 valence electrons. The Morgan fingerprint density at radius 2 is 1.55 bits per heavy atom. The van der Waals surface area contributed by atoms with E-state index in [9.17, 15) is 9.59 Å². The number of benzene rings is 1. The number of carbonyl (C=O) groups is 2. The monoisotopic (exact) mass is 300 g/mol. The molecule has 1 aromatic rings. The normalized spacial score (nSPS) is 22.6. The number of carbonyl (C=O) groups excluding carboxylic acids is 2. The van der Waals surface area contributed by atoms with Crippen LogP contribution in [0.25, 0.3) is 0 Å². The fraction of sp³-hybridized carbons (Fsp3) is 0.600. The van der Waals surface area contributed by atoms with Crippen LogP contribution in [-0.4, -0.2) is 11.6 Å². The van der Waals surface area contributed by atoms with Crippen molar-refractivity contribution >= 4 is 11.6 Å². The highest BCUT2D eigenvalue weighted by Gasteiger charge is 2.44. The molecule has 0 bridgehead atoms. The molecule has 0 amide bonds. The molecule has 0 saturated heterocycles. The lowest BCUT2D eigenvalue weighted by Gasteiger charge is -2.31. The van der Waals surface area contributed by atoms with Crippen molar-refractivity contribution in [3.8, 4) is 0 Å². The highest BCUT2D eigenvalue weighted by Crippen LogP contribution is 2.45. The third kappa shape index (κ3) is 3.31. The quantitative estimate of drug-likeness (QED) is 0.739. The second-order valence-electron chi connectivity index (χ2n) is 8.24. The van der Waals surface area contributed by atoms with E-state index in [0.717, 1.165) is 24.8 Å². The second kappa shape index (κ2) is 5.98. The predicted molar refractivity (Wildman–Crippen MR) is 89.8 cm³/mol. The van der Waals surface area contributed by atoms with Gasteiger partial charge >= 0.3 is 0 Å². The van der Waals surface area contributed by atoms with Crippen molar-refractivity contribution in [1.82, 2.24) is 0 Å². The average molecular weight is 300 g/mol. The molecule has 2 atom stereocenters. The van der Waals surface area contributed by atoms with Gasteiger partial charge in [0.2, 0.25) is 0 Å². The van der Waals surface area contributed by atoms with Crippen molar-refractivity contribution in [3.05, 3.63) is 35.9 Å². The van der Waals surface area contributed by atoms with Crippen molar-refractivity contribution < 1.29 is 9.59 Å².